The summed E-state index contributed by atoms with van der Waals surface area (Å²) in [6, 6.07) is 2.99. The number of H-pyrrole nitrogens is 1. The van der Waals surface area contributed by atoms with Crippen molar-refractivity contribution in [3.63, 3.8) is 0 Å². The van der Waals surface area contributed by atoms with E-state index in [1.165, 1.54) is 31.7 Å². The molecule has 9 nitrogen and oxygen atoms in total. The lowest BCUT2D eigenvalue weighted by molar-refractivity contribution is -0.137. The normalized spacial score (nSPS) is 18.3. The highest BCUT2D eigenvalue weighted by molar-refractivity contribution is 7.70. The molecule has 0 aliphatic heterocycles. The van der Waals surface area contributed by atoms with Crippen molar-refractivity contribution in [2.75, 3.05) is 31.7 Å². The predicted octanol–water partition coefficient (Wildman–Crippen LogP) is 4.25. The fourth-order valence-electron chi connectivity index (χ4n) is 5.03. The number of unbranched alkanes of at least 4 members (excludes halogenated alkanes) is 1. The Labute approximate surface area is 218 Å². The van der Waals surface area contributed by atoms with E-state index in [0.717, 1.165) is 44.8 Å². The van der Waals surface area contributed by atoms with Gasteiger partial charge in [0.2, 0.25) is 5.95 Å². The average molecular weight is 553 g/mol. The third-order valence-corrected chi connectivity index (χ3v) is 8.32. The Kier molecular flexibility index (Phi) is 8.15. The Balaban J connectivity index is 1.69. The predicted molar refractivity (Wildman–Crippen MR) is 142 cm³/mol. The number of carboxylic acid groups (broad SMARTS) is 1. The molecule has 1 aliphatic carbocycles. The molecule has 3 aromatic rings. The van der Waals surface area contributed by atoms with Crippen molar-refractivity contribution >= 4 is 35.3 Å². The third kappa shape index (κ3) is 6.03. The minimum atomic E-state index is -4.72. The number of nitrogens with two attached hydrogens (primary N) is 1. The van der Waals surface area contributed by atoms with Gasteiger partial charge in [0.1, 0.15) is 12.7 Å². The molecule has 13 heteroatoms. The van der Waals surface area contributed by atoms with Crippen LogP contribution in [0.1, 0.15) is 48.0 Å². The lowest BCUT2D eigenvalue weighted by atomic mass is 10.0. The highest BCUT2D eigenvalue weighted by Crippen LogP contribution is 2.43. The van der Waals surface area contributed by atoms with E-state index in [4.69, 9.17) is 5.73 Å². The number of carboxylic acids is 1. The molecule has 206 valence electrons. The van der Waals surface area contributed by atoms with Gasteiger partial charge in [-0.15, -0.1) is 0 Å². The quantitative estimate of drug-likeness (QED) is 0.185. The van der Waals surface area contributed by atoms with Crippen LogP contribution in [0.4, 0.5) is 19.1 Å². The first-order chi connectivity index (χ1) is 17.9. The maximum atomic E-state index is 14.0. The third-order valence-electron chi connectivity index (χ3n) is 6.78. The number of nitrogens with one attached hydrogen (secondary N) is 3. The molecule has 6 N–H and O–H groups in total. The van der Waals surface area contributed by atoms with Crippen molar-refractivity contribution in [2.24, 2.45) is 5.73 Å². The van der Waals surface area contributed by atoms with Gasteiger partial charge in [-0.1, -0.05) is 6.07 Å². The van der Waals surface area contributed by atoms with Crippen molar-refractivity contribution in [1.82, 2.24) is 20.3 Å². The highest BCUT2D eigenvalue weighted by atomic mass is 31.2. The lowest BCUT2D eigenvalue weighted by Crippen LogP contribution is -2.29. The van der Waals surface area contributed by atoms with E-state index in [9.17, 15) is 27.6 Å². The van der Waals surface area contributed by atoms with Crippen LogP contribution in [0.3, 0.4) is 0 Å². The lowest BCUT2D eigenvalue weighted by Gasteiger charge is -2.17. The zero-order chi connectivity index (χ0) is 27.7. The second-order valence-electron chi connectivity index (χ2n) is 10.00. The topological polar surface area (TPSA) is 146 Å². The minimum absolute atomic E-state index is 0.00496. The number of aromatic carboxylic acids is 1. The molecule has 1 fully saturated rings. The monoisotopic (exact) mass is 552 g/mol. The number of carbonyl (C=O) groups is 1. The molecule has 0 bridgehead atoms. The van der Waals surface area contributed by atoms with Crippen molar-refractivity contribution < 1.29 is 27.6 Å². The Morgan fingerprint density at radius 2 is 1.97 bits per heavy atom. The van der Waals surface area contributed by atoms with Gasteiger partial charge < -0.3 is 31.0 Å². The van der Waals surface area contributed by atoms with Gasteiger partial charge in [0.05, 0.1) is 16.8 Å². The molecular weight excluding hydrogens is 520 g/mol. The highest BCUT2D eigenvalue weighted by Gasteiger charge is 2.37. The van der Waals surface area contributed by atoms with Gasteiger partial charge in [0.15, 0.2) is 0 Å². The molecule has 2 atom stereocenters. The minimum Gasteiger partial charge on any atom is -0.478 e. The van der Waals surface area contributed by atoms with E-state index >= 15 is 0 Å². The summed E-state index contributed by atoms with van der Waals surface area (Å²) in [5.74, 6) is -1.19. The van der Waals surface area contributed by atoms with E-state index in [1.54, 1.807) is 0 Å². The van der Waals surface area contributed by atoms with Crippen LogP contribution >= 0.6 is 7.14 Å². The Morgan fingerprint density at radius 3 is 2.63 bits per heavy atom. The van der Waals surface area contributed by atoms with Gasteiger partial charge in [0, 0.05) is 40.7 Å². The number of aromatic amines is 1. The zero-order valence-corrected chi connectivity index (χ0v) is 22.1. The number of halogens is 3. The number of aromatic nitrogens is 3. The number of nitrogens with zero attached hydrogens (tertiary/aromatic N) is 2. The molecule has 1 saturated carbocycles. The van der Waals surface area contributed by atoms with Gasteiger partial charge in [-0.3, -0.25) is 0 Å². The van der Waals surface area contributed by atoms with E-state index in [0.29, 0.717) is 18.0 Å². The summed E-state index contributed by atoms with van der Waals surface area (Å²) in [4.78, 5) is 22.9. The Morgan fingerprint density at radius 1 is 1.24 bits per heavy atom. The average Bonchev–Trinajstić information content (AvgIpc) is 3.46. The van der Waals surface area contributed by atoms with Gasteiger partial charge in [-0.2, -0.15) is 13.2 Å². The molecule has 38 heavy (non-hydrogen) atoms. The molecule has 0 amide bonds. The summed E-state index contributed by atoms with van der Waals surface area (Å²) in [6.07, 6.45) is 1.86. The van der Waals surface area contributed by atoms with E-state index in [2.05, 4.69) is 25.6 Å². The van der Waals surface area contributed by atoms with Crippen molar-refractivity contribution in [3.05, 3.63) is 35.7 Å². The summed E-state index contributed by atoms with van der Waals surface area (Å²) < 4.78 is 55.0. The molecule has 2 aromatic heterocycles. The number of alkyl halides is 3. The summed E-state index contributed by atoms with van der Waals surface area (Å²) in [7, 11) is -3.12. The fraction of sp³-hybridized carbons (Fsp3) is 0.480. The van der Waals surface area contributed by atoms with Gasteiger partial charge in [-0.25, -0.2) is 14.8 Å². The van der Waals surface area contributed by atoms with Gasteiger partial charge >= 0.3 is 12.1 Å². The molecule has 0 radical (unpaired) electrons. The van der Waals surface area contributed by atoms with Crippen LogP contribution in [0.15, 0.2) is 24.5 Å². The first-order valence-corrected chi connectivity index (χ1v) is 15.1. The summed E-state index contributed by atoms with van der Waals surface area (Å²) >= 11 is 0. The molecule has 1 aromatic carbocycles. The van der Waals surface area contributed by atoms with Crippen LogP contribution in [0.25, 0.3) is 22.2 Å². The van der Waals surface area contributed by atoms with E-state index in [-0.39, 0.29) is 39.6 Å². The molecule has 0 unspecified atom stereocenters. The van der Waals surface area contributed by atoms with Crippen LogP contribution in [-0.2, 0) is 10.7 Å². The van der Waals surface area contributed by atoms with Crippen molar-refractivity contribution in [1.29, 1.82) is 0 Å². The number of hydrogen-bond acceptors (Lipinski definition) is 7. The largest absolute Gasteiger partial charge is 0.478 e. The maximum Gasteiger partial charge on any atom is 0.419 e. The van der Waals surface area contributed by atoms with Crippen LogP contribution in [-0.4, -0.2) is 64.5 Å². The van der Waals surface area contributed by atoms with Crippen LogP contribution in [0, 0.1) is 0 Å². The number of rotatable bonds is 10. The molecule has 1 aliphatic rings. The van der Waals surface area contributed by atoms with Crippen LogP contribution < -0.4 is 21.7 Å². The molecule has 0 saturated heterocycles. The van der Waals surface area contributed by atoms with Gasteiger partial charge in [0.25, 0.3) is 0 Å². The number of fused-ring (bicyclic) bond motifs is 1. The standard InChI is InChI=1S/C25H32F3N6O3P/c1-38(2,37)22-17(23(35)36)8-7-16-18(12-31-21(16)22)20-19(25(26,27)28)13-32-24(34-20)33-15-6-5-14(11-15)30-10-4-3-9-29/h7-8,12-15,30-31H,3-6,9-11,29H2,1-2H3,(H,35,36)(H,32,33,34)/t14-,15-/m0/s1. The summed E-state index contributed by atoms with van der Waals surface area (Å²) in [5, 5.41) is 16.6. The summed E-state index contributed by atoms with van der Waals surface area (Å²) in [6.45, 7) is 4.36. The van der Waals surface area contributed by atoms with Crippen molar-refractivity contribution in [3.8, 4) is 11.3 Å². The Bertz CT molecular complexity index is 1370. The van der Waals surface area contributed by atoms with E-state index in [1.807, 2.05) is 0 Å². The molecule has 4 rings (SSSR count). The second-order valence-corrected chi connectivity index (χ2v) is 13.1. The summed E-state index contributed by atoms with van der Waals surface area (Å²) in [5.41, 5.74) is 4.35. The fourth-order valence-corrected chi connectivity index (χ4v) is 6.51. The van der Waals surface area contributed by atoms with E-state index < -0.39 is 24.9 Å². The van der Waals surface area contributed by atoms with Crippen molar-refractivity contribution in [2.45, 2.75) is 50.4 Å². The molecule has 0 spiro atoms. The van der Waals surface area contributed by atoms with Gasteiger partial charge in [-0.05, 0) is 64.6 Å². The second kappa shape index (κ2) is 11.0. The molecular formula is C25H32F3N6O3P. The molecule has 2 heterocycles. The van der Waals surface area contributed by atoms with Crippen LogP contribution in [0.5, 0.6) is 0 Å². The SMILES string of the molecule is CP(C)(=O)c1c(C(=O)O)ccc2c(-c3nc(N[C@H]4CC[C@H](NCCCCN)C4)ncc3C(F)(F)F)c[nH]c12. The number of anilines is 1. The zero-order valence-electron chi connectivity index (χ0n) is 21.2. The first kappa shape index (κ1) is 28.1. The first-order valence-electron chi connectivity index (χ1n) is 12.5. The smallest absolute Gasteiger partial charge is 0.419 e. The Hall–Kier alpha value is -2.95. The number of benzene rings is 1. The van der Waals surface area contributed by atoms with Crippen LogP contribution in [0.2, 0.25) is 0 Å². The number of hydrogen-bond donors (Lipinski definition) is 5. The maximum absolute atomic E-state index is 14.0.